The lowest BCUT2D eigenvalue weighted by Gasteiger charge is -2.31. The molecule has 0 radical (unpaired) electrons. The number of rotatable bonds is 5. The van der Waals surface area contributed by atoms with Crippen molar-refractivity contribution in [2.75, 3.05) is 25.5 Å². The number of nitrogens with one attached hydrogen (secondary N) is 2. The van der Waals surface area contributed by atoms with Gasteiger partial charge in [-0.2, -0.15) is 13.2 Å². The van der Waals surface area contributed by atoms with Crippen molar-refractivity contribution in [3.63, 3.8) is 0 Å². The van der Waals surface area contributed by atoms with Gasteiger partial charge in [0.15, 0.2) is 0 Å². The minimum Gasteiger partial charge on any atom is -0.381 e. The quantitative estimate of drug-likeness (QED) is 0.545. The standard InChI is InChI=1S/C25H27F3N4O3/c1-14(19-12-20-22(13-21(19)25(26,27)28)30-15(2)31-23(20)33)29-17-6-4-16(5-7-17)24(34)32-10-8-18(35-3)9-11-32/h4-7,12-14,18,29H,8-11H2,1-3H3,(H,30,31,33)/t14-/m0/s1. The van der Waals surface area contributed by atoms with Gasteiger partial charge in [-0.25, -0.2) is 4.98 Å². The van der Waals surface area contributed by atoms with E-state index < -0.39 is 23.3 Å². The van der Waals surface area contributed by atoms with Crippen LogP contribution in [0.1, 0.15) is 53.1 Å². The molecule has 1 saturated heterocycles. The number of hydrogen-bond donors (Lipinski definition) is 2. The lowest BCUT2D eigenvalue weighted by molar-refractivity contribution is -0.138. The maximum atomic E-state index is 13.9. The third-order valence-corrected chi connectivity index (χ3v) is 6.34. The maximum Gasteiger partial charge on any atom is 0.416 e. The van der Waals surface area contributed by atoms with Crippen molar-refractivity contribution in [2.45, 2.75) is 45.0 Å². The zero-order chi connectivity index (χ0) is 25.3. The van der Waals surface area contributed by atoms with E-state index in [0.717, 1.165) is 18.9 Å². The number of fused-ring (bicyclic) bond motifs is 1. The highest BCUT2D eigenvalue weighted by Gasteiger charge is 2.35. The molecular weight excluding hydrogens is 461 g/mol. The Kier molecular flexibility index (Phi) is 6.84. The van der Waals surface area contributed by atoms with E-state index in [4.69, 9.17) is 4.74 Å². The Hall–Kier alpha value is -3.40. The van der Waals surface area contributed by atoms with Gasteiger partial charge in [0.25, 0.3) is 11.5 Å². The molecule has 4 rings (SSSR count). The van der Waals surface area contributed by atoms with E-state index in [9.17, 15) is 22.8 Å². The topological polar surface area (TPSA) is 87.3 Å². The van der Waals surface area contributed by atoms with Crippen molar-refractivity contribution < 1.29 is 22.7 Å². The van der Waals surface area contributed by atoms with Crippen LogP contribution < -0.4 is 10.9 Å². The predicted molar refractivity (Wildman–Crippen MR) is 127 cm³/mol. The second-order valence-electron chi connectivity index (χ2n) is 8.78. The Morgan fingerprint density at radius 2 is 1.86 bits per heavy atom. The van der Waals surface area contributed by atoms with Gasteiger partial charge in [-0.3, -0.25) is 9.59 Å². The minimum absolute atomic E-state index is 0.00748. The smallest absolute Gasteiger partial charge is 0.381 e. The van der Waals surface area contributed by atoms with E-state index in [1.807, 2.05) is 0 Å². The maximum absolute atomic E-state index is 13.9. The first-order chi connectivity index (χ1) is 16.6. The van der Waals surface area contributed by atoms with E-state index in [-0.39, 0.29) is 34.3 Å². The first-order valence-electron chi connectivity index (χ1n) is 11.4. The Morgan fingerprint density at radius 1 is 1.20 bits per heavy atom. The molecule has 2 N–H and O–H groups in total. The molecule has 1 aliphatic rings. The first kappa shape index (κ1) is 24.7. The van der Waals surface area contributed by atoms with Crippen LogP contribution in [0.5, 0.6) is 0 Å². The number of H-pyrrole nitrogens is 1. The number of carbonyl (C=O) groups excluding carboxylic acids is 1. The van der Waals surface area contributed by atoms with E-state index in [1.165, 1.54) is 13.0 Å². The van der Waals surface area contributed by atoms with E-state index >= 15 is 0 Å². The van der Waals surface area contributed by atoms with Crippen LogP contribution in [-0.4, -0.2) is 47.1 Å². The molecule has 0 bridgehead atoms. The second-order valence-corrected chi connectivity index (χ2v) is 8.78. The predicted octanol–water partition coefficient (Wildman–Crippen LogP) is 4.67. The average Bonchev–Trinajstić information content (AvgIpc) is 2.82. The fourth-order valence-electron chi connectivity index (χ4n) is 4.44. The normalized spacial score (nSPS) is 15.9. The molecular formula is C25H27F3N4O3. The largest absolute Gasteiger partial charge is 0.416 e. The number of hydrogen-bond acceptors (Lipinski definition) is 5. The van der Waals surface area contributed by atoms with Crippen LogP contribution in [0, 0.1) is 6.92 Å². The summed E-state index contributed by atoms with van der Waals surface area (Å²) in [6, 6.07) is 8.02. The van der Waals surface area contributed by atoms with E-state index in [2.05, 4.69) is 15.3 Å². The Bertz CT molecular complexity index is 1280. The summed E-state index contributed by atoms with van der Waals surface area (Å²) in [7, 11) is 1.67. The summed E-state index contributed by atoms with van der Waals surface area (Å²) < 4.78 is 46.9. The Balaban J connectivity index is 1.55. The summed E-state index contributed by atoms with van der Waals surface area (Å²) in [5.74, 6) is 0.155. The van der Waals surface area contributed by atoms with Gasteiger partial charge in [-0.05, 0) is 68.7 Å². The van der Waals surface area contributed by atoms with Crippen molar-refractivity contribution in [3.05, 3.63) is 69.3 Å². The van der Waals surface area contributed by atoms with Gasteiger partial charge in [0.05, 0.1) is 22.6 Å². The summed E-state index contributed by atoms with van der Waals surface area (Å²) in [4.78, 5) is 33.5. The number of amides is 1. The van der Waals surface area contributed by atoms with Gasteiger partial charge in [0, 0.05) is 37.5 Å². The molecule has 1 aliphatic heterocycles. The number of aromatic nitrogens is 2. The van der Waals surface area contributed by atoms with Crippen molar-refractivity contribution in [3.8, 4) is 0 Å². The van der Waals surface area contributed by atoms with Crippen LogP contribution in [0.15, 0.2) is 41.2 Å². The molecule has 2 heterocycles. The van der Waals surface area contributed by atoms with Gasteiger partial charge in [0.2, 0.25) is 0 Å². The van der Waals surface area contributed by atoms with Gasteiger partial charge in [-0.1, -0.05) is 0 Å². The monoisotopic (exact) mass is 488 g/mol. The summed E-state index contributed by atoms with van der Waals surface area (Å²) >= 11 is 0. The zero-order valence-electron chi connectivity index (χ0n) is 19.7. The number of aromatic amines is 1. The number of methoxy groups -OCH3 is 1. The van der Waals surface area contributed by atoms with Crippen LogP contribution in [0.2, 0.25) is 0 Å². The van der Waals surface area contributed by atoms with Crippen LogP contribution in [-0.2, 0) is 10.9 Å². The van der Waals surface area contributed by atoms with Gasteiger partial charge < -0.3 is 19.9 Å². The Morgan fingerprint density at radius 3 is 2.46 bits per heavy atom. The number of likely N-dealkylation sites (tertiary alicyclic amines) is 1. The molecule has 1 amide bonds. The number of carbonyl (C=O) groups is 1. The number of benzene rings is 2. The number of aryl methyl sites for hydroxylation is 1. The average molecular weight is 489 g/mol. The molecule has 0 saturated carbocycles. The lowest BCUT2D eigenvalue weighted by Crippen LogP contribution is -2.40. The van der Waals surface area contributed by atoms with Gasteiger partial charge in [0.1, 0.15) is 5.82 Å². The molecule has 2 aromatic carbocycles. The highest BCUT2D eigenvalue weighted by atomic mass is 19.4. The first-order valence-corrected chi connectivity index (χ1v) is 11.4. The molecule has 3 aromatic rings. The van der Waals surface area contributed by atoms with Crippen molar-refractivity contribution in [2.24, 2.45) is 0 Å². The fraction of sp³-hybridized carbons (Fsp3) is 0.400. The SMILES string of the molecule is COC1CCN(C(=O)c2ccc(N[C@@H](C)c3cc4c(=O)[nH]c(C)nc4cc3C(F)(F)F)cc2)CC1. The molecule has 7 nitrogen and oxygen atoms in total. The van der Waals surface area contributed by atoms with Crippen LogP contribution >= 0.6 is 0 Å². The minimum atomic E-state index is -4.62. The van der Waals surface area contributed by atoms with E-state index in [1.54, 1.807) is 43.2 Å². The third kappa shape index (κ3) is 5.32. The van der Waals surface area contributed by atoms with Crippen molar-refractivity contribution in [1.29, 1.82) is 0 Å². The molecule has 0 aliphatic carbocycles. The van der Waals surface area contributed by atoms with Crippen molar-refractivity contribution in [1.82, 2.24) is 14.9 Å². The number of alkyl halides is 3. The molecule has 0 unspecified atom stereocenters. The molecule has 1 aromatic heterocycles. The molecule has 0 spiro atoms. The highest BCUT2D eigenvalue weighted by molar-refractivity contribution is 5.94. The Labute approximate surface area is 200 Å². The number of anilines is 1. The molecule has 1 fully saturated rings. The second kappa shape index (κ2) is 9.69. The number of piperidine rings is 1. The lowest BCUT2D eigenvalue weighted by atomic mass is 9.98. The van der Waals surface area contributed by atoms with Crippen LogP contribution in [0.4, 0.5) is 18.9 Å². The van der Waals surface area contributed by atoms with Gasteiger partial charge in [-0.15, -0.1) is 0 Å². The fourth-order valence-corrected chi connectivity index (χ4v) is 4.44. The number of nitrogens with zero attached hydrogens (tertiary/aromatic N) is 2. The number of ether oxygens (including phenoxy) is 1. The molecule has 10 heteroatoms. The molecule has 1 atom stereocenters. The van der Waals surface area contributed by atoms with Crippen molar-refractivity contribution >= 4 is 22.5 Å². The number of halogens is 3. The summed E-state index contributed by atoms with van der Waals surface area (Å²) in [6.07, 6.45) is -2.89. The third-order valence-electron chi connectivity index (χ3n) is 6.34. The molecule has 35 heavy (non-hydrogen) atoms. The van der Waals surface area contributed by atoms with Crippen LogP contribution in [0.25, 0.3) is 10.9 Å². The van der Waals surface area contributed by atoms with Gasteiger partial charge >= 0.3 is 6.18 Å². The summed E-state index contributed by atoms with van der Waals surface area (Å²) in [5, 5.41) is 3.14. The summed E-state index contributed by atoms with van der Waals surface area (Å²) in [5.41, 5.74) is -0.361. The summed E-state index contributed by atoms with van der Waals surface area (Å²) in [6.45, 7) is 4.33. The zero-order valence-corrected chi connectivity index (χ0v) is 19.7. The van der Waals surface area contributed by atoms with Crippen LogP contribution in [0.3, 0.4) is 0 Å². The highest BCUT2D eigenvalue weighted by Crippen LogP contribution is 2.37. The molecule has 186 valence electrons. The van der Waals surface area contributed by atoms with E-state index in [0.29, 0.717) is 24.3 Å².